The van der Waals surface area contributed by atoms with Gasteiger partial charge >= 0.3 is 0 Å². The molecule has 1 aliphatic carbocycles. The molecule has 3 N–H and O–H groups in total. The maximum atomic E-state index is 9.85. The first-order chi connectivity index (χ1) is 4.77. The van der Waals surface area contributed by atoms with Crippen LogP contribution in [0.2, 0.25) is 0 Å². The molecular weight excluding hydrogens is 128 g/mol. The van der Waals surface area contributed by atoms with Crippen molar-refractivity contribution in [1.29, 1.82) is 0 Å². The van der Waals surface area contributed by atoms with E-state index in [-0.39, 0.29) is 12.6 Å². The van der Waals surface area contributed by atoms with Gasteiger partial charge in [-0.3, -0.25) is 4.79 Å². The summed E-state index contributed by atoms with van der Waals surface area (Å²) in [6, 6.07) is 0. The summed E-state index contributed by atoms with van der Waals surface area (Å²) in [7, 11) is 0. The minimum absolute atomic E-state index is 0.0856. The van der Waals surface area contributed by atoms with E-state index in [1.165, 1.54) is 32.6 Å². The minimum Gasteiger partial charge on any atom is -0.344 e. The zero-order chi connectivity index (χ0) is 7.82. The number of nitrogens with two attached hydrogens (primary N) is 1. The van der Waals surface area contributed by atoms with Gasteiger partial charge in [0.05, 0.1) is 6.67 Å². The summed E-state index contributed by atoms with van der Waals surface area (Å²) in [6.07, 6.45) is 6.00. The zero-order valence-electron chi connectivity index (χ0n) is 6.52. The Morgan fingerprint density at radius 3 is 1.80 bits per heavy atom. The third-order valence-corrected chi connectivity index (χ3v) is 1.35. The smallest absolute Gasteiger partial charge is 0.217 e. The molecule has 0 bridgehead atoms. The van der Waals surface area contributed by atoms with Crippen molar-refractivity contribution in [1.82, 2.24) is 5.32 Å². The van der Waals surface area contributed by atoms with E-state index in [1.54, 1.807) is 0 Å². The molecule has 10 heavy (non-hydrogen) atoms. The van der Waals surface area contributed by atoms with Crippen molar-refractivity contribution in [2.75, 3.05) is 6.67 Å². The molecule has 0 heterocycles. The second kappa shape index (κ2) is 6.55. The highest BCUT2D eigenvalue weighted by atomic mass is 16.1. The third-order valence-electron chi connectivity index (χ3n) is 1.35. The van der Waals surface area contributed by atoms with Crippen LogP contribution in [0.25, 0.3) is 0 Å². The monoisotopic (exact) mass is 144 g/mol. The molecule has 0 aromatic rings. The molecule has 0 aromatic heterocycles. The van der Waals surface area contributed by atoms with Crippen LogP contribution >= 0.6 is 0 Å². The first kappa shape index (κ1) is 9.43. The molecule has 1 amide bonds. The van der Waals surface area contributed by atoms with Gasteiger partial charge in [0.15, 0.2) is 0 Å². The number of carbonyl (C=O) groups excluding carboxylic acids is 1. The maximum Gasteiger partial charge on any atom is 0.217 e. The molecular formula is C7H16N2O. The molecule has 0 aromatic carbocycles. The van der Waals surface area contributed by atoms with Crippen LogP contribution in [0.1, 0.15) is 32.6 Å². The van der Waals surface area contributed by atoms with Crippen molar-refractivity contribution in [3.63, 3.8) is 0 Å². The molecule has 0 saturated heterocycles. The largest absolute Gasteiger partial charge is 0.344 e. The number of nitrogens with one attached hydrogen (secondary N) is 1. The van der Waals surface area contributed by atoms with Crippen molar-refractivity contribution in [2.24, 2.45) is 5.73 Å². The average molecular weight is 144 g/mol. The number of hydrogen-bond donors (Lipinski definition) is 2. The van der Waals surface area contributed by atoms with E-state index >= 15 is 0 Å². The quantitative estimate of drug-likeness (QED) is 0.529. The molecule has 0 aliphatic heterocycles. The Bertz CT molecular complexity index is 85.6. The predicted octanol–water partition coefficient (Wildman–Crippen LogP) is 0.599. The molecule has 1 rings (SSSR count). The van der Waals surface area contributed by atoms with E-state index in [9.17, 15) is 4.79 Å². The van der Waals surface area contributed by atoms with Crippen LogP contribution in [0, 0.1) is 0 Å². The van der Waals surface area contributed by atoms with Gasteiger partial charge in [-0.25, -0.2) is 0 Å². The van der Waals surface area contributed by atoms with E-state index in [2.05, 4.69) is 5.32 Å². The predicted molar refractivity (Wildman–Crippen MR) is 41.3 cm³/mol. The van der Waals surface area contributed by atoms with E-state index < -0.39 is 0 Å². The van der Waals surface area contributed by atoms with Gasteiger partial charge in [-0.05, 0) is 0 Å². The SMILES string of the molecule is C1CCC1.CC(=O)NCN. The van der Waals surface area contributed by atoms with Crippen LogP contribution in [-0.4, -0.2) is 12.6 Å². The Balaban J connectivity index is 0.000000172. The zero-order valence-corrected chi connectivity index (χ0v) is 6.52. The Morgan fingerprint density at radius 1 is 1.40 bits per heavy atom. The maximum absolute atomic E-state index is 9.85. The molecule has 0 unspecified atom stereocenters. The highest BCUT2D eigenvalue weighted by Crippen LogP contribution is 2.15. The molecule has 0 radical (unpaired) electrons. The third kappa shape index (κ3) is 7.43. The fraction of sp³-hybridized carbons (Fsp3) is 0.857. The van der Waals surface area contributed by atoms with Crippen molar-refractivity contribution >= 4 is 5.91 Å². The highest BCUT2D eigenvalue weighted by molar-refractivity contribution is 5.72. The Kier molecular flexibility index (Phi) is 6.18. The van der Waals surface area contributed by atoms with E-state index in [1.807, 2.05) is 0 Å². The Morgan fingerprint density at radius 2 is 1.80 bits per heavy atom. The fourth-order valence-corrected chi connectivity index (χ4v) is 0.394. The molecule has 1 saturated carbocycles. The van der Waals surface area contributed by atoms with Gasteiger partial charge in [-0.2, -0.15) is 0 Å². The Labute approximate surface area is 62.0 Å². The van der Waals surface area contributed by atoms with Gasteiger partial charge in [-0.15, -0.1) is 0 Å². The summed E-state index contributed by atoms with van der Waals surface area (Å²) >= 11 is 0. The van der Waals surface area contributed by atoms with Crippen LogP contribution in [0.4, 0.5) is 0 Å². The Hall–Kier alpha value is -0.570. The molecule has 1 aliphatic rings. The first-order valence-electron chi connectivity index (χ1n) is 3.72. The van der Waals surface area contributed by atoms with Crippen LogP contribution in [0.3, 0.4) is 0 Å². The van der Waals surface area contributed by atoms with Gasteiger partial charge in [0.1, 0.15) is 0 Å². The molecule has 0 spiro atoms. The number of carbonyl (C=O) groups is 1. The van der Waals surface area contributed by atoms with Gasteiger partial charge in [-0.1, -0.05) is 25.7 Å². The van der Waals surface area contributed by atoms with E-state index in [4.69, 9.17) is 5.73 Å². The van der Waals surface area contributed by atoms with Gasteiger partial charge in [0, 0.05) is 6.92 Å². The summed E-state index contributed by atoms with van der Waals surface area (Å²) in [5.74, 6) is -0.0856. The van der Waals surface area contributed by atoms with Gasteiger partial charge in [0.2, 0.25) is 5.91 Å². The van der Waals surface area contributed by atoms with E-state index in [0.717, 1.165) is 0 Å². The van der Waals surface area contributed by atoms with Crippen LogP contribution in [0.5, 0.6) is 0 Å². The summed E-state index contributed by atoms with van der Waals surface area (Å²) in [4.78, 5) is 9.85. The lowest BCUT2D eigenvalue weighted by molar-refractivity contribution is -0.118. The van der Waals surface area contributed by atoms with E-state index in [0.29, 0.717) is 0 Å². The van der Waals surface area contributed by atoms with Crippen molar-refractivity contribution in [2.45, 2.75) is 32.6 Å². The lowest BCUT2D eigenvalue weighted by Gasteiger charge is -2.05. The van der Waals surface area contributed by atoms with Crippen molar-refractivity contribution < 1.29 is 4.79 Å². The number of amides is 1. The fourth-order valence-electron chi connectivity index (χ4n) is 0.394. The average Bonchev–Trinajstić information content (AvgIpc) is 1.58. The minimum atomic E-state index is -0.0856. The highest BCUT2D eigenvalue weighted by Gasteiger charge is 1.95. The molecule has 0 atom stereocenters. The van der Waals surface area contributed by atoms with Gasteiger partial charge < -0.3 is 11.1 Å². The standard InChI is InChI=1S/C4H8.C3H8N2O/c1-2-4-3-1;1-3(6)5-2-4/h1-4H2;2,4H2,1H3,(H,5,6). The summed E-state index contributed by atoms with van der Waals surface area (Å²) in [6.45, 7) is 1.65. The van der Waals surface area contributed by atoms with Crippen LogP contribution < -0.4 is 11.1 Å². The molecule has 3 nitrogen and oxygen atoms in total. The number of hydrogen-bond acceptors (Lipinski definition) is 2. The van der Waals surface area contributed by atoms with Gasteiger partial charge in [0.25, 0.3) is 0 Å². The second-order valence-electron chi connectivity index (χ2n) is 2.35. The second-order valence-corrected chi connectivity index (χ2v) is 2.35. The lowest BCUT2D eigenvalue weighted by Crippen LogP contribution is -2.26. The van der Waals surface area contributed by atoms with Crippen LogP contribution in [-0.2, 0) is 4.79 Å². The lowest BCUT2D eigenvalue weighted by atomic mass is 10.0. The molecule has 1 fully saturated rings. The molecule has 60 valence electrons. The van der Waals surface area contributed by atoms with Crippen LogP contribution in [0.15, 0.2) is 0 Å². The number of rotatable bonds is 1. The normalized spacial score (nSPS) is 14.2. The van der Waals surface area contributed by atoms with Crippen molar-refractivity contribution in [3.05, 3.63) is 0 Å². The topological polar surface area (TPSA) is 55.1 Å². The molecule has 3 heteroatoms. The summed E-state index contributed by atoms with van der Waals surface area (Å²) in [5, 5.41) is 2.35. The first-order valence-corrected chi connectivity index (χ1v) is 3.72. The summed E-state index contributed by atoms with van der Waals surface area (Å²) in [5.41, 5.74) is 4.90. The summed E-state index contributed by atoms with van der Waals surface area (Å²) < 4.78 is 0. The van der Waals surface area contributed by atoms with Crippen molar-refractivity contribution in [3.8, 4) is 0 Å².